The molecule has 0 aliphatic carbocycles. The lowest BCUT2D eigenvalue weighted by atomic mass is 10.1. The molecule has 0 fully saturated rings. The van der Waals surface area contributed by atoms with Crippen molar-refractivity contribution in [3.05, 3.63) is 24.3 Å². The van der Waals surface area contributed by atoms with E-state index in [1.807, 2.05) is 25.1 Å². The van der Waals surface area contributed by atoms with Gasteiger partial charge in [0.25, 0.3) is 0 Å². The lowest BCUT2D eigenvalue weighted by molar-refractivity contribution is -0.154. The molecule has 0 saturated carbocycles. The maximum atomic E-state index is 13.8. The van der Waals surface area contributed by atoms with Gasteiger partial charge in [-0.2, -0.15) is 0 Å². The SMILES string of the molecule is CCCCOC(=O)C(CCCCNC(=O)OC(C)(C)C)NC1CSc2ccccc2N(CC(=O)OC(C)(C)C)C1=O. The summed E-state index contributed by atoms with van der Waals surface area (Å²) in [6.07, 6.45) is 2.77. The second kappa shape index (κ2) is 16.0. The Morgan fingerprint density at radius 2 is 1.71 bits per heavy atom. The average Bonchev–Trinajstić information content (AvgIpc) is 2.98. The van der Waals surface area contributed by atoms with Crippen LogP contribution in [0.25, 0.3) is 0 Å². The highest BCUT2D eigenvalue weighted by Gasteiger charge is 2.35. The van der Waals surface area contributed by atoms with E-state index in [1.54, 1.807) is 47.6 Å². The molecule has 1 aliphatic heterocycles. The number of hydrogen-bond acceptors (Lipinski definition) is 9. The lowest BCUT2D eigenvalue weighted by Crippen LogP contribution is -2.54. The monoisotopic (exact) mass is 593 g/mol. The van der Waals surface area contributed by atoms with Crippen molar-refractivity contribution in [2.45, 2.75) is 109 Å². The molecule has 2 unspecified atom stereocenters. The molecule has 1 heterocycles. The van der Waals surface area contributed by atoms with Gasteiger partial charge in [-0.25, -0.2) is 4.79 Å². The molecule has 0 spiro atoms. The van der Waals surface area contributed by atoms with Gasteiger partial charge < -0.3 is 19.5 Å². The number of thioether (sulfide) groups is 1. The number of ether oxygens (including phenoxy) is 3. The molecular weight excluding hydrogens is 546 g/mol. The standard InChI is InChI=1S/C30H47N3O7S/c1-8-9-18-38-27(36)21(14-12-13-17-31-28(37)40-30(5,6)7)32-22-20-41-24-16-11-10-15-23(24)33(26(22)35)19-25(34)39-29(2,3)4/h10-11,15-16,21-22,32H,8-9,12-14,17-20H2,1-7H3,(H,31,37). The Labute approximate surface area is 248 Å². The Bertz CT molecular complexity index is 1040. The van der Waals surface area contributed by atoms with Crippen molar-refractivity contribution in [2.24, 2.45) is 0 Å². The van der Waals surface area contributed by atoms with Gasteiger partial charge in [0.05, 0.1) is 18.3 Å². The molecule has 11 heteroatoms. The van der Waals surface area contributed by atoms with Crippen LogP contribution in [0.1, 0.15) is 80.6 Å². The Morgan fingerprint density at radius 1 is 1.02 bits per heavy atom. The number of amides is 2. The fraction of sp³-hybridized carbons (Fsp3) is 0.667. The molecule has 0 bridgehead atoms. The maximum Gasteiger partial charge on any atom is 0.407 e. The van der Waals surface area contributed by atoms with Crippen molar-refractivity contribution in [1.29, 1.82) is 0 Å². The summed E-state index contributed by atoms with van der Waals surface area (Å²) in [7, 11) is 0. The summed E-state index contributed by atoms with van der Waals surface area (Å²) in [4.78, 5) is 53.9. The zero-order valence-corrected chi connectivity index (χ0v) is 26.4. The predicted octanol–water partition coefficient (Wildman–Crippen LogP) is 4.83. The van der Waals surface area contributed by atoms with E-state index < -0.39 is 41.3 Å². The number of hydrogen-bond donors (Lipinski definition) is 2. The third kappa shape index (κ3) is 12.7. The average molecular weight is 594 g/mol. The zero-order chi connectivity index (χ0) is 30.6. The molecular formula is C30H47N3O7S. The number of benzene rings is 1. The second-order valence-electron chi connectivity index (χ2n) is 12.0. The first kappa shape index (κ1) is 34.4. The van der Waals surface area contributed by atoms with Crippen molar-refractivity contribution in [2.75, 3.05) is 30.3 Å². The molecule has 2 rings (SSSR count). The van der Waals surface area contributed by atoms with Crippen molar-refractivity contribution < 1.29 is 33.4 Å². The first-order valence-corrected chi connectivity index (χ1v) is 15.3. The predicted molar refractivity (Wildman–Crippen MR) is 160 cm³/mol. The number of esters is 2. The van der Waals surface area contributed by atoms with Crippen molar-refractivity contribution in [1.82, 2.24) is 10.6 Å². The smallest absolute Gasteiger partial charge is 0.407 e. The topological polar surface area (TPSA) is 123 Å². The molecule has 230 valence electrons. The van der Waals surface area contributed by atoms with Gasteiger partial charge in [-0.05, 0) is 79.4 Å². The van der Waals surface area contributed by atoms with Gasteiger partial charge in [0, 0.05) is 17.2 Å². The van der Waals surface area contributed by atoms with Crippen molar-refractivity contribution in [3.8, 4) is 0 Å². The first-order valence-electron chi connectivity index (χ1n) is 14.3. The van der Waals surface area contributed by atoms with E-state index in [2.05, 4.69) is 10.6 Å². The minimum atomic E-state index is -0.738. The Kier molecular flexibility index (Phi) is 13.4. The first-order chi connectivity index (χ1) is 19.2. The molecule has 2 N–H and O–H groups in total. The Balaban J connectivity index is 2.13. The Hall–Kier alpha value is -2.79. The number of fused-ring (bicyclic) bond motifs is 1. The Morgan fingerprint density at radius 3 is 2.37 bits per heavy atom. The van der Waals surface area contributed by atoms with E-state index in [0.29, 0.717) is 43.9 Å². The van der Waals surface area contributed by atoms with Crippen LogP contribution in [0, 0.1) is 0 Å². The third-order valence-corrected chi connectivity index (χ3v) is 7.01. The number of alkyl carbamates (subject to hydrolysis) is 1. The highest BCUT2D eigenvalue weighted by atomic mass is 32.2. The van der Waals surface area contributed by atoms with Crippen LogP contribution in [-0.4, -0.2) is 72.7 Å². The minimum Gasteiger partial charge on any atom is -0.465 e. The summed E-state index contributed by atoms with van der Waals surface area (Å²) < 4.78 is 16.3. The van der Waals surface area contributed by atoms with Crippen LogP contribution < -0.4 is 15.5 Å². The molecule has 1 aromatic carbocycles. The van der Waals surface area contributed by atoms with Crippen LogP contribution in [0.5, 0.6) is 0 Å². The molecule has 0 aromatic heterocycles. The molecule has 10 nitrogen and oxygen atoms in total. The molecule has 2 atom stereocenters. The van der Waals surface area contributed by atoms with Crippen LogP contribution >= 0.6 is 11.8 Å². The number of anilines is 1. The molecule has 2 amide bonds. The van der Waals surface area contributed by atoms with Crippen LogP contribution in [-0.2, 0) is 28.6 Å². The highest BCUT2D eigenvalue weighted by Crippen LogP contribution is 2.34. The van der Waals surface area contributed by atoms with Crippen LogP contribution in [0.2, 0.25) is 0 Å². The largest absolute Gasteiger partial charge is 0.465 e. The van der Waals surface area contributed by atoms with Crippen molar-refractivity contribution >= 4 is 41.4 Å². The van der Waals surface area contributed by atoms with E-state index >= 15 is 0 Å². The van der Waals surface area contributed by atoms with Gasteiger partial charge >= 0.3 is 18.0 Å². The summed E-state index contributed by atoms with van der Waals surface area (Å²) >= 11 is 1.49. The van der Waals surface area contributed by atoms with Gasteiger partial charge in [0.1, 0.15) is 23.8 Å². The summed E-state index contributed by atoms with van der Waals surface area (Å²) in [6.45, 7) is 13.2. The zero-order valence-electron chi connectivity index (χ0n) is 25.5. The van der Waals surface area contributed by atoms with Crippen LogP contribution in [0.15, 0.2) is 29.2 Å². The fourth-order valence-electron chi connectivity index (χ4n) is 4.05. The van der Waals surface area contributed by atoms with Gasteiger partial charge in [-0.3, -0.25) is 24.6 Å². The minimum absolute atomic E-state index is 0.242. The van der Waals surface area contributed by atoms with Crippen LogP contribution in [0.4, 0.5) is 10.5 Å². The number of nitrogens with one attached hydrogen (secondary N) is 2. The number of unbranched alkanes of at least 4 members (excludes halogenated alkanes) is 2. The van der Waals surface area contributed by atoms with E-state index in [4.69, 9.17) is 14.2 Å². The number of para-hydroxylation sites is 1. The quantitative estimate of drug-likeness (QED) is 0.188. The number of rotatable bonds is 13. The number of carbonyl (C=O) groups excluding carboxylic acids is 4. The van der Waals surface area contributed by atoms with E-state index in [9.17, 15) is 19.2 Å². The molecule has 1 aliphatic rings. The van der Waals surface area contributed by atoms with Gasteiger partial charge in [0.2, 0.25) is 5.91 Å². The summed E-state index contributed by atoms with van der Waals surface area (Å²) in [5.41, 5.74) is -0.640. The van der Waals surface area contributed by atoms with Crippen LogP contribution in [0.3, 0.4) is 0 Å². The highest BCUT2D eigenvalue weighted by molar-refractivity contribution is 7.99. The fourth-order valence-corrected chi connectivity index (χ4v) is 5.13. The summed E-state index contributed by atoms with van der Waals surface area (Å²) in [5, 5.41) is 5.96. The second-order valence-corrected chi connectivity index (χ2v) is 13.1. The maximum absolute atomic E-state index is 13.8. The third-order valence-electron chi connectivity index (χ3n) is 5.85. The molecule has 41 heavy (non-hydrogen) atoms. The number of carbonyl (C=O) groups is 4. The van der Waals surface area contributed by atoms with Crippen molar-refractivity contribution in [3.63, 3.8) is 0 Å². The summed E-state index contributed by atoms with van der Waals surface area (Å²) in [5.74, 6) is -0.873. The number of nitrogens with zero attached hydrogens (tertiary/aromatic N) is 1. The lowest BCUT2D eigenvalue weighted by Gasteiger charge is -2.28. The normalized spacial score (nSPS) is 16.3. The van der Waals surface area contributed by atoms with E-state index in [-0.39, 0.29) is 12.5 Å². The molecule has 1 aromatic rings. The van der Waals surface area contributed by atoms with Gasteiger partial charge in [-0.15, -0.1) is 11.8 Å². The molecule has 0 radical (unpaired) electrons. The van der Waals surface area contributed by atoms with E-state index in [0.717, 1.165) is 17.7 Å². The van der Waals surface area contributed by atoms with E-state index in [1.165, 1.54) is 16.7 Å². The summed E-state index contributed by atoms with van der Waals surface area (Å²) in [6, 6.07) is 5.95. The van der Waals surface area contributed by atoms with Gasteiger partial charge in [-0.1, -0.05) is 25.5 Å². The van der Waals surface area contributed by atoms with Gasteiger partial charge in [0.15, 0.2) is 0 Å². The molecule has 0 saturated heterocycles.